The molecule has 2 aromatic rings. The number of ether oxygens (including phenoxy) is 2. The molecule has 0 bridgehead atoms. The van der Waals surface area contributed by atoms with Crippen LogP contribution < -0.4 is 15.2 Å². The highest BCUT2D eigenvalue weighted by molar-refractivity contribution is 5.57. The second-order valence-corrected chi connectivity index (χ2v) is 3.84. The Kier molecular flexibility index (Phi) is 3.89. The topological polar surface area (TPSA) is 68.3 Å². The summed E-state index contributed by atoms with van der Waals surface area (Å²) in [4.78, 5) is 0. The highest BCUT2D eigenvalue weighted by atomic mass is 16.5. The monoisotopic (exact) mass is 254 g/mol. The normalized spacial score (nSPS) is 9.68. The molecule has 0 radical (unpaired) electrons. The number of anilines is 1. The van der Waals surface area contributed by atoms with Gasteiger partial charge < -0.3 is 15.2 Å². The summed E-state index contributed by atoms with van der Waals surface area (Å²) in [6.45, 7) is 2.47. The van der Waals surface area contributed by atoms with Crippen LogP contribution in [0.3, 0.4) is 0 Å². The summed E-state index contributed by atoms with van der Waals surface area (Å²) in [6, 6.07) is 14.4. The molecule has 4 heteroatoms. The molecule has 0 fully saturated rings. The summed E-state index contributed by atoms with van der Waals surface area (Å²) >= 11 is 0. The van der Waals surface area contributed by atoms with E-state index in [4.69, 9.17) is 20.5 Å². The fraction of sp³-hybridized carbons (Fsp3) is 0.133. The van der Waals surface area contributed by atoms with Gasteiger partial charge in [-0.05, 0) is 31.2 Å². The molecule has 0 aliphatic carbocycles. The number of benzene rings is 2. The van der Waals surface area contributed by atoms with Crippen LogP contribution in [0.25, 0.3) is 0 Å². The fourth-order valence-corrected chi connectivity index (χ4v) is 1.63. The standard InChI is InChI=1S/C15H14N2O2/c1-2-18-14-5-3-4-6-15(14)19-12-7-8-13(17)11(9-12)10-16/h3-9H,2,17H2,1H3. The van der Waals surface area contributed by atoms with Crippen LogP contribution in [0.15, 0.2) is 42.5 Å². The zero-order valence-electron chi connectivity index (χ0n) is 10.6. The van der Waals surface area contributed by atoms with Crippen LogP contribution in [-0.4, -0.2) is 6.61 Å². The summed E-state index contributed by atoms with van der Waals surface area (Å²) in [7, 11) is 0. The minimum atomic E-state index is 0.395. The Morgan fingerprint density at radius 1 is 1.16 bits per heavy atom. The van der Waals surface area contributed by atoms with Gasteiger partial charge in [-0.3, -0.25) is 0 Å². The van der Waals surface area contributed by atoms with Crippen molar-refractivity contribution in [2.24, 2.45) is 0 Å². The van der Waals surface area contributed by atoms with E-state index in [2.05, 4.69) is 0 Å². The highest BCUT2D eigenvalue weighted by Gasteiger charge is 2.06. The van der Waals surface area contributed by atoms with E-state index in [0.29, 0.717) is 35.1 Å². The minimum absolute atomic E-state index is 0.395. The largest absolute Gasteiger partial charge is 0.490 e. The number of nitrogens with two attached hydrogens (primary N) is 1. The fourth-order valence-electron chi connectivity index (χ4n) is 1.63. The van der Waals surface area contributed by atoms with Crippen LogP contribution >= 0.6 is 0 Å². The first-order valence-corrected chi connectivity index (χ1v) is 5.94. The van der Waals surface area contributed by atoms with Gasteiger partial charge in [-0.25, -0.2) is 0 Å². The number of nitriles is 1. The summed E-state index contributed by atoms with van der Waals surface area (Å²) in [5, 5.41) is 8.94. The molecular formula is C15H14N2O2. The molecule has 0 saturated heterocycles. The second kappa shape index (κ2) is 5.78. The Morgan fingerprint density at radius 3 is 2.58 bits per heavy atom. The first-order valence-electron chi connectivity index (χ1n) is 5.94. The minimum Gasteiger partial charge on any atom is -0.490 e. The van der Waals surface area contributed by atoms with Gasteiger partial charge in [0.2, 0.25) is 0 Å². The van der Waals surface area contributed by atoms with Gasteiger partial charge in [-0.1, -0.05) is 12.1 Å². The van der Waals surface area contributed by atoms with E-state index in [1.165, 1.54) is 0 Å². The maximum atomic E-state index is 8.94. The molecule has 0 atom stereocenters. The maximum Gasteiger partial charge on any atom is 0.169 e. The summed E-state index contributed by atoms with van der Waals surface area (Å²) in [5.41, 5.74) is 6.50. The molecule has 0 saturated carbocycles. The Bertz CT molecular complexity index is 618. The molecule has 96 valence electrons. The van der Waals surface area contributed by atoms with E-state index < -0.39 is 0 Å². The summed E-state index contributed by atoms with van der Waals surface area (Å²) < 4.78 is 11.2. The van der Waals surface area contributed by atoms with E-state index in [-0.39, 0.29) is 0 Å². The number of nitrogen functional groups attached to an aromatic ring is 1. The molecule has 0 spiro atoms. The number of hydrogen-bond acceptors (Lipinski definition) is 4. The molecule has 19 heavy (non-hydrogen) atoms. The molecule has 0 aliphatic rings. The van der Waals surface area contributed by atoms with Crippen molar-refractivity contribution in [1.82, 2.24) is 0 Å². The van der Waals surface area contributed by atoms with Crippen molar-refractivity contribution < 1.29 is 9.47 Å². The molecule has 2 aromatic carbocycles. The van der Waals surface area contributed by atoms with Crippen molar-refractivity contribution in [3.8, 4) is 23.3 Å². The Morgan fingerprint density at radius 2 is 1.89 bits per heavy atom. The van der Waals surface area contributed by atoms with Crippen LogP contribution in [0.1, 0.15) is 12.5 Å². The van der Waals surface area contributed by atoms with Crippen molar-refractivity contribution in [1.29, 1.82) is 5.26 Å². The van der Waals surface area contributed by atoms with Crippen molar-refractivity contribution in [3.63, 3.8) is 0 Å². The number of hydrogen-bond donors (Lipinski definition) is 1. The first-order chi connectivity index (χ1) is 9.24. The molecule has 2 rings (SSSR count). The average Bonchev–Trinajstić information content (AvgIpc) is 2.43. The van der Waals surface area contributed by atoms with Crippen LogP contribution in [0.5, 0.6) is 17.2 Å². The third-order valence-corrected chi connectivity index (χ3v) is 2.52. The molecule has 4 nitrogen and oxygen atoms in total. The number of rotatable bonds is 4. The van der Waals surface area contributed by atoms with E-state index in [9.17, 15) is 0 Å². The average molecular weight is 254 g/mol. The third-order valence-electron chi connectivity index (χ3n) is 2.52. The smallest absolute Gasteiger partial charge is 0.169 e. The quantitative estimate of drug-likeness (QED) is 0.850. The molecule has 0 unspecified atom stereocenters. The van der Waals surface area contributed by atoms with Gasteiger partial charge in [0, 0.05) is 11.8 Å². The summed E-state index contributed by atoms with van der Waals surface area (Å²) in [5.74, 6) is 1.83. The second-order valence-electron chi connectivity index (χ2n) is 3.84. The molecule has 0 aromatic heterocycles. The maximum absolute atomic E-state index is 8.94. The lowest BCUT2D eigenvalue weighted by Crippen LogP contribution is -1.95. The first kappa shape index (κ1) is 12.8. The molecule has 2 N–H and O–H groups in total. The predicted molar refractivity (Wildman–Crippen MR) is 73.3 cm³/mol. The molecular weight excluding hydrogens is 240 g/mol. The van der Waals surface area contributed by atoms with Gasteiger partial charge in [-0.15, -0.1) is 0 Å². The van der Waals surface area contributed by atoms with Gasteiger partial charge in [0.1, 0.15) is 11.8 Å². The number of nitrogens with zero attached hydrogens (tertiary/aromatic N) is 1. The molecule has 0 amide bonds. The van der Waals surface area contributed by atoms with E-state index in [0.717, 1.165) is 0 Å². The number of para-hydroxylation sites is 2. The Balaban J connectivity index is 2.29. The van der Waals surface area contributed by atoms with Crippen LogP contribution in [0.4, 0.5) is 5.69 Å². The van der Waals surface area contributed by atoms with Crippen molar-refractivity contribution >= 4 is 5.69 Å². The van der Waals surface area contributed by atoms with Gasteiger partial charge in [0.25, 0.3) is 0 Å². The van der Waals surface area contributed by atoms with Crippen molar-refractivity contribution in [2.75, 3.05) is 12.3 Å². The van der Waals surface area contributed by atoms with Crippen LogP contribution in [0.2, 0.25) is 0 Å². The van der Waals surface area contributed by atoms with Crippen LogP contribution in [0, 0.1) is 11.3 Å². The zero-order chi connectivity index (χ0) is 13.7. The summed E-state index contributed by atoms with van der Waals surface area (Å²) in [6.07, 6.45) is 0. The molecule has 0 aliphatic heterocycles. The highest BCUT2D eigenvalue weighted by Crippen LogP contribution is 2.32. The predicted octanol–water partition coefficient (Wildman–Crippen LogP) is 3.33. The lowest BCUT2D eigenvalue weighted by Gasteiger charge is -2.11. The van der Waals surface area contributed by atoms with Gasteiger partial charge in [0.05, 0.1) is 12.2 Å². The SMILES string of the molecule is CCOc1ccccc1Oc1ccc(N)c(C#N)c1. The van der Waals surface area contributed by atoms with Gasteiger partial charge in [-0.2, -0.15) is 5.26 Å². The van der Waals surface area contributed by atoms with E-state index in [1.807, 2.05) is 37.3 Å². The van der Waals surface area contributed by atoms with Crippen LogP contribution in [-0.2, 0) is 0 Å². The lowest BCUT2D eigenvalue weighted by molar-refractivity contribution is 0.321. The van der Waals surface area contributed by atoms with Gasteiger partial charge in [0.15, 0.2) is 11.5 Å². The molecule has 0 heterocycles. The Hall–Kier alpha value is -2.67. The van der Waals surface area contributed by atoms with Gasteiger partial charge >= 0.3 is 0 Å². The Labute approximate surface area is 112 Å². The van der Waals surface area contributed by atoms with Crippen molar-refractivity contribution in [2.45, 2.75) is 6.92 Å². The lowest BCUT2D eigenvalue weighted by atomic mass is 10.2. The third kappa shape index (κ3) is 2.96. The van der Waals surface area contributed by atoms with E-state index >= 15 is 0 Å². The zero-order valence-corrected chi connectivity index (χ0v) is 10.6. The van der Waals surface area contributed by atoms with Crippen molar-refractivity contribution in [3.05, 3.63) is 48.0 Å². The van der Waals surface area contributed by atoms with E-state index in [1.54, 1.807) is 18.2 Å².